The molecule has 4 nitrogen and oxygen atoms in total. The highest BCUT2D eigenvalue weighted by Gasteiger charge is 2.32. The molecule has 0 amide bonds. The number of aliphatic hydroxyl groups excluding tert-OH is 3. The number of hydrogen-bond acceptors (Lipinski definition) is 4. The molecule has 1 rings (SSSR count). The molecule has 1 aromatic rings. The van der Waals surface area contributed by atoms with E-state index in [-0.39, 0.29) is 0 Å². The molecule has 1 atom stereocenters. The second-order valence-corrected chi connectivity index (χ2v) is 3.75. The summed E-state index contributed by atoms with van der Waals surface area (Å²) < 4.78 is 0. The second-order valence-electron chi connectivity index (χ2n) is 3.75. The van der Waals surface area contributed by atoms with E-state index in [1.807, 2.05) is 30.3 Å². The molecule has 0 bridgehead atoms. The van der Waals surface area contributed by atoms with Crippen LogP contribution < -0.4 is 5.73 Å². The standard InChI is InChI=1S/C11H17NO3/c12-11(7-13,8-14)10(15)6-9-4-2-1-3-5-9/h1-5,10,13-15H,6-8,12H2. The monoisotopic (exact) mass is 211 g/mol. The minimum Gasteiger partial charge on any atom is -0.394 e. The molecular formula is C11H17NO3. The zero-order valence-corrected chi connectivity index (χ0v) is 8.50. The summed E-state index contributed by atoms with van der Waals surface area (Å²) in [7, 11) is 0. The first-order valence-electron chi connectivity index (χ1n) is 4.85. The lowest BCUT2D eigenvalue weighted by Crippen LogP contribution is -2.57. The van der Waals surface area contributed by atoms with Crippen LogP contribution in [0.15, 0.2) is 30.3 Å². The van der Waals surface area contributed by atoms with Crippen molar-refractivity contribution in [2.75, 3.05) is 13.2 Å². The minimum atomic E-state index is -1.34. The van der Waals surface area contributed by atoms with Crippen LogP contribution in [0.4, 0.5) is 0 Å². The van der Waals surface area contributed by atoms with Crippen molar-refractivity contribution in [2.24, 2.45) is 5.73 Å². The topological polar surface area (TPSA) is 86.7 Å². The minimum absolute atomic E-state index is 0.318. The molecule has 0 saturated carbocycles. The molecule has 0 aromatic heterocycles. The molecular weight excluding hydrogens is 194 g/mol. The Labute approximate surface area is 89.0 Å². The lowest BCUT2D eigenvalue weighted by Gasteiger charge is -2.30. The van der Waals surface area contributed by atoms with Gasteiger partial charge in [-0.1, -0.05) is 30.3 Å². The third-order valence-corrected chi connectivity index (χ3v) is 2.52. The molecule has 0 saturated heterocycles. The van der Waals surface area contributed by atoms with Gasteiger partial charge in [0.25, 0.3) is 0 Å². The number of rotatable bonds is 5. The first-order valence-corrected chi connectivity index (χ1v) is 4.85. The van der Waals surface area contributed by atoms with Crippen LogP contribution in [0, 0.1) is 0 Å². The van der Waals surface area contributed by atoms with Crippen molar-refractivity contribution in [1.29, 1.82) is 0 Å². The van der Waals surface area contributed by atoms with Crippen molar-refractivity contribution >= 4 is 0 Å². The van der Waals surface area contributed by atoms with Gasteiger partial charge in [0.15, 0.2) is 0 Å². The average molecular weight is 211 g/mol. The largest absolute Gasteiger partial charge is 0.394 e. The predicted octanol–water partition coefficient (Wildman–Crippen LogP) is -0.728. The predicted molar refractivity (Wildman–Crippen MR) is 57.2 cm³/mol. The van der Waals surface area contributed by atoms with Gasteiger partial charge in [0.1, 0.15) is 0 Å². The van der Waals surface area contributed by atoms with Crippen molar-refractivity contribution < 1.29 is 15.3 Å². The normalized spacial score (nSPS) is 13.9. The van der Waals surface area contributed by atoms with E-state index < -0.39 is 24.9 Å². The Kier molecular flexibility index (Phi) is 4.23. The summed E-state index contributed by atoms with van der Waals surface area (Å²) in [4.78, 5) is 0. The third kappa shape index (κ3) is 3.00. The summed E-state index contributed by atoms with van der Waals surface area (Å²) in [5.41, 5.74) is 5.22. The van der Waals surface area contributed by atoms with Crippen molar-refractivity contribution in [3.63, 3.8) is 0 Å². The Morgan fingerprint density at radius 2 is 1.67 bits per heavy atom. The van der Waals surface area contributed by atoms with Gasteiger partial charge in [0.2, 0.25) is 0 Å². The van der Waals surface area contributed by atoms with Gasteiger partial charge < -0.3 is 21.1 Å². The van der Waals surface area contributed by atoms with Gasteiger partial charge in [-0.05, 0) is 5.56 Å². The maximum Gasteiger partial charge on any atom is 0.0888 e. The molecule has 15 heavy (non-hydrogen) atoms. The Hall–Kier alpha value is -0.940. The quantitative estimate of drug-likeness (QED) is 0.517. The number of nitrogens with two attached hydrogens (primary N) is 1. The lowest BCUT2D eigenvalue weighted by molar-refractivity contribution is 0.00832. The van der Waals surface area contributed by atoms with Crippen molar-refractivity contribution in [3.05, 3.63) is 35.9 Å². The zero-order chi connectivity index (χ0) is 11.3. The number of benzene rings is 1. The molecule has 0 spiro atoms. The van der Waals surface area contributed by atoms with Gasteiger partial charge in [-0.2, -0.15) is 0 Å². The Balaban J connectivity index is 2.66. The van der Waals surface area contributed by atoms with E-state index in [4.69, 9.17) is 15.9 Å². The molecule has 0 radical (unpaired) electrons. The molecule has 0 aliphatic carbocycles. The van der Waals surface area contributed by atoms with E-state index in [2.05, 4.69) is 0 Å². The molecule has 1 unspecified atom stereocenters. The summed E-state index contributed by atoms with van der Waals surface area (Å²) in [6.07, 6.45) is -0.645. The number of aliphatic hydroxyl groups is 3. The van der Waals surface area contributed by atoms with E-state index in [1.165, 1.54) is 0 Å². The fourth-order valence-electron chi connectivity index (χ4n) is 1.30. The van der Waals surface area contributed by atoms with E-state index >= 15 is 0 Å². The Bertz CT molecular complexity index is 285. The van der Waals surface area contributed by atoms with Crippen LogP contribution >= 0.6 is 0 Å². The summed E-state index contributed by atoms with van der Waals surface area (Å²) >= 11 is 0. The van der Waals surface area contributed by atoms with Crippen molar-refractivity contribution in [3.8, 4) is 0 Å². The molecule has 0 heterocycles. The van der Waals surface area contributed by atoms with Gasteiger partial charge >= 0.3 is 0 Å². The van der Waals surface area contributed by atoms with Crippen molar-refractivity contribution in [1.82, 2.24) is 0 Å². The van der Waals surface area contributed by atoms with Gasteiger partial charge in [-0.3, -0.25) is 0 Å². The third-order valence-electron chi connectivity index (χ3n) is 2.52. The van der Waals surface area contributed by atoms with Crippen LogP contribution in [-0.2, 0) is 6.42 Å². The van der Waals surface area contributed by atoms with Crippen LogP contribution in [0.1, 0.15) is 5.56 Å². The summed E-state index contributed by atoms with van der Waals surface area (Å²) in [5, 5.41) is 27.8. The molecule has 4 heteroatoms. The van der Waals surface area contributed by atoms with Gasteiger partial charge in [0.05, 0.1) is 24.9 Å². The highest BCUT2D eigenvalue weighted by molar-refractivity contribution is 5.16. The summed E-state index contributed by atoms with van der Waals surface area (Å²) in [5.74, 6) is 0. The van der Waals surface area contributed by atoms with Gasteiger partial charge in [0, 0.05) is 6.42 Å². The fraction of sp³-hybridized carbons (Fsp3) is 0.455. The van der Waals surface area contributed by atoms with Gasteiger partial charge in [-0.25, -0.2) is 0 Å². The molecule has 0 aliphatic rings. The average Bonchev–Trinajstić information content (AvgIpc) is 2.29. The SMILES string of the molecule is NC(CO)(CO)C(O)Cc1ccccc1. The maximum atomic E-state index is 9.78. The van der Waals surface area contributed by atoms with E-state index in [1.54, 1.807) is 0 Å². The van der Waals surface area contributed by atoms with Crippen LogP contribution in [0.2, 0.25) is 0 Å². The first-order chi connectivity index (χ1) is 7.12. The first kappa shape index (κ1) is 12.1. The van der Waals surface area contributed by atoms with E-state index in [9.17, 15) is 5.11 Å². The number of hydrogen-bond donors (Lipinski definition) is 4. The van der Waals surface area contributed by atoms with Crippen LogP contribution in [0.5, 0.6) is 0 Å². The highest BCUT2D eigenvalue weighted by Crippen LogP contribution is 2.12. The smallest absolute Gasteiger partial charge is 0.0888 e. The molecule has 84 valence electrons. The van der Waals surface area contributed by atoms with E-state index in [0.29, 0.717) is 6.42 Å². The summed E-state index contributed by atoms with van der Waals surface area (Å²) in [6, 6.07) is 9.32. The van der Waals surface area contributed by atoms with Crippen LogP contribution in [0.3, 0.4) is 0 Å². The van der Waals surface area contributed by atoms with Crippen molar-refractivity contribution in [2.45, 2.75) is 18.1 Å². The highest BCUT2D eigenvalue weighted by atomic mass is 16.3. The van der Waals surface area contributed by atoms with E-state index in [0.717, 1.165) is 5.56 Å². The molecule has 5 N–H and O–H groups in total. The van der Waals surface area contributed by atoms with Crippen LogP contribution in [0.25, 0.3) is 0 Å². The van der Waals surface area contributed by atoms with Gasteiger partial charge in [-0.15, -0.1) is 0 Å². The Morgan fingerprint density at radius 1 is 1.13 bits per heavy atom. The lowest BCUT2D eigenvalue weighted by atomic mass is 9.90. The van der Waals surface area contributed by atoms with Crippen LogP contribution in [-0.4, -0.2) is 40.2 Å². The second kappa shape index (κ2) is 5.23. The molecule has 0 fully saturated rings. The Morgan fingerprint density at radius 3 is 2.13 bits per heavy atom. The summed E-state index contributed by atoms with van der Waals surface area (Å²) in [6.45, 7) is -0.894. The fourth-order valence-corrected chi connectivity index (χ4v) is 1.30. The zero-order valence-electron chi connectivity index (χ0n) is 8.50. The molecule has 1 aromatic carbocycles. The maximum absolute atomic E-state index is 9.78. The molecule has 0 aliphatic heterocycles.